The largest absolute Gasteiger partial charge is 0.278 e. The summed E-state index contributed by atoms with van der Waals surface area (Å²) in [5.41, 5.74) is 17.7. The van der Waals surface area contributed by atoms with Crippen LogP contribution < -0.4 is 21.3 Å². The number of aromatic nitrogens is 3. The topological polar surface area (TPSA) is 41.9 Å². The van der Waals surface area contributed by atoms with Crippen LogP contribution in [-0.4, -0.2) is 21.7 Å². The van der Waals surface area contributed by atoms with Crippen LogP contribution >= 0.6 is 0 Å². The average molecular weight is 725 g/mol. The van der Waals surface area contributed by atoms with E-state index < -0.39 is 0 Å². The highest BCUT2D eigenvalue weighted by Crippen LogP contribution is 2.40. The molecule has 1 aromatic heterocycles. The first-order valence-electron chi connectivity index (χ1n) is 19.3. The van der Waals surface area contributed by atoms with Gasteiger partial charge in [-0.15, -0.1) is 0 Å². The molecule has 0 bridgehead atoms. The van der Waals surface area contributed by atoms with Crippen LogP contribution in [0.25, 0.3) is 33.9 Å². The summed E-state index contributed by atoms with van der Waals surface area (Å²) in [5.74, 6) is 1.77. The summed E-state index contributed by atoms with van der Waals surface area (Å²) in [4.78, 5) is 17.7. The average Bonchev–Trinajstić information content (AvgIpc) is 3.21. The van der Waals surface area contributed by atoms with Gasteiger partial charge in [0.05, 0.1) is 5.69 Å². The number of hydrogen-bond donors (Lipinski definition) is 0. The number of rotatable bonds is 9. The van der Waals surface area contributed by atoms with Crippen molar-refractivity contribution < 1.29 is 0 Å². The Balaban J connectivity index is 1.36. The number of hydrogen-bond acceptors (Lipinski definition) is 4. The summed E-state index contributed by atoms with van der Waals surface area (Å²) in [6, 6.07) is 57.7. The van der Waals surface area contributed by atoms with Crippen molar-refractivity contribution in [3.8, 4) is 33.9 Å². The van der Waals surface area contributed by atoms with Gasteiger partial charge in [-0.2, -0.15) is 9.97 Å². The zero-order chi connectivity index (χ0) is 38.8. The molecule has 4 nitrogen and oxygen atoms in total. The van der Waals surface area contributed by atoms with Gasteiger partial charge in [-0.25, -0.2) is 4.98 Å². The molecule has 56 heavy (non-hydrogen) atoms. The first-order valence-corrected chi connectivity index (χ1v) is 19.3. The van der Waals surface area contributed by atoms with E-state index in [0.717, 1.165) is 33.6 Å². The van der Waals surface area contributed by atoms with Crippen LogP contribution in [0.15, 0.2) is 164 Å². The van der Waals surface area contributed by atoms with E-state index in [1.54, 1.807) is 0 Å². The van der Waals surface area contributed by atoms with Crippen LogP contribution in [-0.2, 0) is 0 Å². The van der Waals surface area contributed by atoms with Crippen molar-refractivity contribution in [2.45, 2.75) is 41.5 Å². The number of nitrogens with zero attached hydrogens (tertiary/aromatic N) is 4. The van der Waals surface area contributed by atoms with Gasteiger partial charge >= 0.3 is 0 Å². The molecule has 0 fully saturated rings. The third kappa shape index (κ3) is 7.28. The van der Waals surface area contributed by atoms with Crippen LogP contribution in [0.5, 0.6) is 0 Å². The molecule has 8 aromatic rings. The molecule has 0 amide bonds. The smallest absolute Gasteiger partial charge is 0.242 e. The summed E-state index contributed by atoms with van der Waals surface area (Å²) >= 11 is 0. The Bertz CT molecular complexity index is 2480. The van der Waals surface area contributed by atoms with E-state index in [2.05, 4.69) is 174 Å². The standard InChI is InChI=1S/C51H45BN4/c1-34-30-36(3)47(37(4)31-34)52(48-38(5)32-35(2)33-39(48)6)43-26-28-44(29-27-43)56(46-25-17-16-24-45(46)40-18-10-7-11-19-40)51-54-49(41-20-12-8-13-21-41)53-50(55-51)42-22-14-9-15-23-42/h7-33H,1-6H3. The molecule has 8 rings (SSSR count). The summed E-state index contributed by atoms with van der Waals surface area (Å²) in [6.45, 7) is 13.5. The Morgan fingerprint density at radius 2 is 0.821 bits per heavy atom. The predicted octanol–water partition coefficient (Wildman–Crippen LogP) is 10.7. The first kappa shape index (κ1) is 36.4. The Kier molecular flexibility index (Phi) is 10.2. The Morgan fingerprint density at radius 1 is 0.411 bits per heavy atom. The van der Waals surface area contributed by atoms with E-state index in [-0.39, 0.29) is 6.71 Å². The van der Waals surface area contributed by atoms with Gasteiger partial charge in [-0.1, -0.05) is 195 Å². The van der Waals surface area contributed by atoms with E-state index in [1.165, 1.54) is 49.8 Å². The first-order chi connectivity index (χ1) is 27.2. The van der Waals surface area contributed by atoms with Crippen molar-refractivity contribution in [1.82, 2.24) is 15.0 Å². The number of aryl methyl sites for hydroxylation is 6. The van der Waals surface area contributed by atoms with Crippen LogP contribution in [0, 0.1) is 41.5 Å². The second-order valence-electron chi connectivity index (χ2n) is 14.9. The lowest BCUT2D eigenvalue weighted by Crippen LogP contribution is -2.55. The van der Waals surface area contributed by atoms with Gasteiger partial charge in [0.2, 0.25) is 12.7 Å². The molecule has 0 unspecified atom stereocenters. The quantitative estimate of drug-likeness (QED) is 0.139. The molecular weight excluding hydrogens is 679 g/mol. The molecular formula is C51H45BN4. The Hall–Kier alpha value is -6.59. The maximum atomic E-state index is 5.24. The number of benzene rings is 7. The molecule has 0 aliphatic rings. The van der Waals surface area contributed by atoms with Crippen LogP contribution in [0.1, 0.15) is 33.4 Å². The monoisotopic (exact) mass is 724 g/mol. The third-order valence-electron chi connectivity index (χ3n) is 10.7. The molecule has 1 heterocycles. The molecule has 0 aliphatic heterocycles. The summed E-state index contributed by atoms with van der Waals surface area (Å²) in [6.07, 6.45) is 0. The highest BCUT2D eigenvalue weighted by atomic mass is 15.3. The van der Waals surface area contributed by atoms with Gasteiger partial charge in [0.15, 0.2) is 11.6 Å². The normalized spacial score (nSPS) is 11.0. The molecule has 272 valence electrons. The molecule has 0 saturated heterocycles. The summed E-state index contributed by atoms with van der Waals surface area (Å²) in [5, 5.41) is 0. The lowest BCUT2D eigenvalue weighted by molar-refractivity contribution is 1.02. The van der Waals surface area contributed by atoms with Gasteiger partial charge in [-0.05, 0) is 65.3 Å². The fraction of sp³-hybridized carbons (Fsp3) is 0.118. The zero-order valence-corrected chi connectivity index (χ0v) is 33.0. The maximum absolute atomic E-state index is 5.24. The van der Waals surface area contributed by atoms with Crippen molar-refractivity contribution in [1.29, 1.82) is 0 Å². The fourth-order valence-electron chi connectivity index (χ4n) is 8.38. The maximum Gasteiger partial charge on any atom is 0.242 e. The van der Waals surface area contributed by atoms with Gasteiger partial charge in [0, 0.05) is 22.4 Å². The molecule has 0 radical (unpaired) electrons. The fourth-order valence-corrected chi connectivity index (χ4v) is 8.38. The highest BCUT2D eigenvalue weighted by molar-refractivity contribution is 6.96. The van der Waals surface area contributed by atoms with Gasteiger partial charge in [0.25, 0.3) is 0 Å². The SMILES string of the molecule is Cc1cc(C)c(B(c2ccc(N(c3nc(-c4ccccc4)nc(-c4ccccc4)n3)c3ccccc3-c3ccccc3)cc2)c2c(C)cc(C)cc2C)c(C)c1. The minimum absolute atomic E-state index is 0.0573. The molecule has 0 aliphatic carbocycles. The van der Waals surface area contributed by atoms with E-state index >= 15 is 0 Å². The predicted molar refractivity (Wildman–Crippen MR) is 237 cm³/mol. The molecule has 5 heteroatoms. The van der Waals surface area contributed by atoms with Crippen LogP contribution in [0.2, 0.25) is 0 Å². The highest BCUT2D eigenvalue weighted by Gasteiger charge is 2.29. The Morgan fingerprint density at radius 3 is 1.29 bits per heavy atom. The molecule has 0 saturated carbocycles. The second-order valence-corrected chi connectivity index (χ2v) is 14.9. The van der Waals surface area contributed by atoms with E-state index in [1.807, 2.05) is 36.4 Å². The molecule has 0 N–H and O–H groups in total. The second kappa shape index (κ2) is 15.6. The van der Waals surface area contributed by atoms with Gasteiger partial charge in [0.1, 0.15) is 0 Å². The molecule has 0 atom stereocenters. The molecule has 0 spiro atoms. The minimum Gasteiger partial charge on any atom is -0.278 e. The molecule has 7 aromatic carbocycles. The minimum atomic E-state index is 0.0573. The zero-order valence-electron chi connectivity index (χ0n) is 33.0. The van der Waals surface area contributed by atoms with Crippen molar-refractivity contribution >= 4 is 40.4 Å². The Labute approximate surface area is 331 Å². The van der Waals surface area contributed by atoms with Crippen molar-refractivity contribution in [2.75, 3.05) is 4.90 Å². The lowest BCUT2D eigenvalue weighted by atomic mass is 9.34. The summed E-state index contributed by atoms with van der Waals surface area (Å²) < 4.78 is 0. The van der Waals surface area contributed by atoms with E-state index in [4.69, 9.17) is 15.0 Å². The third-order valence-corrected chi connectivity index (χ3v) is 10.7. The van der Waals surface area contributed by atoms with E-state index in [9.17, 15) is 0 Å². The summed E-state index contributed by atoms with van der Waals surface area (Å²) in [7, 11) is 0. The number of para-hydroxylation sites is 1. The van der Waals surface area contributed by atoms with Gasteiger partial charge in [-0.3, -0.25) is 4.90 Å². The van der Waals surface area contributed by atoms with Crippen LogP contribution in [0.4, 0.5) is 17.3 Å². The lowest BCUT2D eigenvalue weighted by Gasteiger charge is -2.28. The van der Waals surface area contributed by atoms with E-state index in [0.29, 0.717) is 17.6 Å². The van der Waals surface area contributed by atoms with Crippen LogP contribution in [0.3, 0.4) is 0 Å². The van der Waals surface area contributed by atoms with Crippen molar-refractivity contribution in [3.05, 3.63) is 197 Å². The van der Waals surface area contributed by atoms with Crippen molar-refractivity contribution in [3.63, 3.8) is 0 Å². The van der Waals surface area contributed by atoms with Gasteiger partial charge < -0.3 is 0 Å². The van der Waals surface area contributed by atoms with Crippen molar-refractivity contribution in [2.24, 2.45) is 0 Å². The number of anilines is 3.